The van der Waals surface area contributed by atoms with Gasteiger partial charge < -0.3 is 20.1 Å². The van der Waals surface area contributed by atoms with Gasteiger partial charge in [-0.25, -0.2) is 4.79 Å². The minimum Gasteiger partial charge on any atom is -0.481 e. The number of carbonyl (C=O) groups is 2. The zero-order valence-corrected chi connectivity index (χ0v) is 12.7. The van der Waals surface area contributed by atoms with E-state index in [-0.39, 0.29) is 18.1 Å². The van der Waals surface area contributed by atoms with Crippen LogP contribution in [-0.2, 0) is 9.53 Å². The molecule has 0 bridgehead atoms. The van der Waals surface area contributed by atoms with Gasteiger partial charge in [0.2, 0.25) is 0 Å². The third kappa shape index (κ3) is 4.07. The van der Waals surface area contributed by atoms with Gasteiger partial charge in [-0.3, -0.25) is 9.69 Å². The summed E-state index contributed by atoms with van der Waals surface area (Å²) in [5, 5.41) is 12.1. The Kier molecular flexibility index (Phi) is 5.41. The third-order valence-corrected chi connectivity index (χ3v) is 4.34. The Bertz CT molecular complexity index is 384. The lowest BCUT2D eigenvalue weighted by atomic mass is 10.0. The molecule has 2 fully saturated rings. The fraction of sp³-hybridized carbons (Fsp3) is 0.857. The second-order valence-corrected chi connectivity index (χ2v) is 5.93. The number of carboxylic acid groups (broad SMARTS) is 1. The molecule has 0 spiro atoms. The highest BCUT2D eigenvalue weighted by atomic mass is 16.5. The second-order valence-electron chi connectivity index (χ2n) is 5.93. The minimum absolute atomic E-state index is 0.0340. The van der Waals surface area contributed by atoms with Crippen molar-refractivity contribution in [2.24, 2.45) is 5.92 Å². The van der Waals surface area contributed by atoms with Crippen molar-refractivity contribution in [1.29, 1.82) is 0 Å². The van der Waals surface area contributed by atoms with Crippen LogP contribution in [0, 0.1) is 5.92 Å². The highest BCUT2D eigenvalue weighted by Crippen LogP contribution is 2.24. The van der Waals surface area contributed by atoms with Gasteiger partial charge in [-0.1, -0.05) is 0 Å². The number of morpholine rings is 1. The Morgan fingerprint density at radius 3 is 2.57 bits per heavy atom. The van der Waals surface area contributed by atoms with Crippen molar-refractivity contribution in [3.8, 4) is 0 Å². The van der Waals surface area contributed by atoms with Crippen LogP contribution in [-0.4, -0.2) is 78.4 Å². The van der Waals surface area contributed by atoms with Gasteiger partial charge in [0.1, 0.15) is 0 Å². The number of hydrogen-bond donors (Lipinski definition) is 2. The molecule has 0 aromatic heterocycles. The maximum Gasteiger partial charge on any atom is 0.317 e. The highest BCUT2D eigenvalue weighted by Gasteiger charge is 2.38. The molecule has 0 aliphatic carbocycles. The molecule has 21 heavy (non-hydrogen) atoms. The molecular weight excluding hydrogens is 274 g/mol. The standard InChI is InChI=1S/C14H25N3O4/c1-10(9-16-5-7-21-8-6-16)15-14(20)17-4-3-12(11(17)2)13(18)19/h10-12H,3-9H2,1-2H3,(H,15,20)(H,18,19). The zero-order valence-electron chi connectivity index (χ0n) is 12.7. The van der Waals surface area contributed by atoms with Crippen LogP contribution in [0.25, 0.3) is 0 Å². The number of carbonyl (C=O) groups excluding carboxylic acids is 1. The van der Waals surface area contributed by atoms with Gasteiger partial charge in [-0.2, -0.15) is 0 Å². The summed E-state index contributed by atoms with van der Waals surface area (Å²) in [4.78, 5) is 27.2. The summed E-state index contributed by atoms with van der Waals surface area (Å²) in [7, 11) is 0. The molecule has 2 amide bonds. The Morgan fingerprint density at radius 2 is 2.00 bits per heavy atom. The summed E-state index contributed by atoms with van der Waals surface area (Å²) >= 11 is 0. The number of amides is 2. The SMILES string of the molecule is CC(CN1CCOCC1)NC(=O)N1CCC(C(=O)O)C1C. The fourth-order valence-corrected chi connectivity index (χ4v) is 3.07. The predicted octanol–water partition coefficient (Wildman–Crippen LogP) is 0.212. The first-order chi connectivity index (χ1) is 9.99. The van der Waals surface area contributed by atoms with E-state index in [1.165, 1.54) is 0 Å². The number of carboxylic acids is 1. The number of aliphatic carboxylic acids is 1. The molecule has 2 rings (SSSR count). The van der Waals surface area contributed by atoms with E-state index in [1.54, 1.807) is 11.8 Å². The van der Waals surface area contributed by atoms with Gasteiger partial charge in [0.05, 0.1) is 19.1 Å². The Hall–Kier alpha value is -1.34. The largest absolute Gasteiger partial charge is 0.481 e. The minimum atomic E-state index is -0.820. The van der Waals surface area contributed by atoms with E-state index in [0.717, 1.165) is 32.8 Å². The number of hydrogen-bond acceptors (Lipinski definition) is 4. The van der Waals surface area contributed by atoms with Gasteiger partial charge in [0.15, 0.2) is 0 Å². The molecule has 7 nitrogen and oxygen atoms in total. The quantitative estimate of drug-likeness (QED) is 0.775. The highest BCUT2D eigenvalue weighted by molar-refractivity contribution is 5.78. The van der Waals surface area contributed by atoms with Gasteiger partial charge >= 0.3 is 12.0 Å². The third-order valence-electron chi connectivity index (χ3n) is 4.34. The second kappa shape index (κ2) is 7.09. The van der Waals surface area contributed by atoms with Crippen molar-refractivity contribution in [3.05, 3.63) is 0 Å². The molecule has 0 saturated carbocycles. The van der Waals surface area contributed by atoms with Crippen molar-refractivity contribution >= 4 is 12.0 Å². The number of nitrogens with one attached hydrogen (secondary N) is 1. The van der Waals surface area contributed by atoms with Crippen molar-refractivity contribution in [2.75, 3.05) is 39.4 Å². The van der Waals surface area contributed by atoms with Gasteiger partial charge in [0, 0.05) is 38.3 Å². The topological polar surface area (TPSA) is 82.1 Å². The van der Waals surface area contributed by atoms with Crippen molar-refractivity contribution in [3.63, 3.8) is 0 Å². The maximum absolute atomic E-state index is 12.3. The summed E-state index contributed by atoms with van der Waals surface area (Å²) < 4.78 is 5.30. The molecule has 0 aromatic rings. The Balaban J connectivity index is 1.79. The number of ether oxygens (including phenoxy) is 1. The van der Waals surface area contributed by atoms with Crippen LogP contribution in [0.3, 0.4) is 0 Å². The van der Waals surface area contributed by atoms with Crippen LogP contribution in [0.4, 0.5) is 4.79 Å². The Labute approximate surface area is 125 Å². The monoisotopic (exact) mass is 299 g/mol. The summed E-state index contributed by atoms with van der Waals surface area (Å²) in [6, 6.07) is -0.378. The molecule has 2 aliphatic heterocycles. The van der Waals surface area contributed by atoms with Crippen LogP contribution >= 0.6 is 0 Å². The van der Waals surface area contributed by atoms with Gasteiger partial charge in [0.25, 0.3) is 0 Å². The molecule has 0 radical (unpaired) electrons. The first kappa shape index (κ1) is 16.0. The van der Waals surface area contributed by atoms with Gasteiger partial charge in [-0.15, -0.1) is 0 Å². The first-order valence-corrected chi connectivity index (χ1v) is 7.59. The molecule has 2 saturated heterocycles. The molecule has 7 heteroatoms. The molecular formula is C14H25N3O4. The molecule has 2 aliphatic rings. The van der Waals surface area contributed by atoms with Crippen LogP contribution in [0.1, 0.15) is 20.3 Å². The normalized spacial score (nSPS) is 28.4. The van der Waals surface area contributed by atoms with E-state index in [2.05, 4.69) is 10.2 Å². The smallest absolute Gasteiger partial charge is 0.317 e. The molecule has 0 aromatic carbocycles. The predicted molar refractivity (Wildman–Crippen MR) is 77.2 cm³/mol. The van der Waals surface area contributed by atoms with E-state index in [9.17, 15) is 9.59 Å². The summed E-state index contributed by atoms with van der Waals surface area (Å²) in [5.74, 6) is -1.27. The average molecular weight is 299 g/mol. The number of rotatable bonds is 4. The zero-order chi connectivity index (χ0) is 15.4. The van der Waals surface area contributed by atoms with Crippen molar-refractivity contribution < 1.29 is 19.4 Å². The molecule has 120 valence electrons. The van der Waals surface area contributed by atoms with E-state index in [0.29, 0.717) is 13.0 Å². The molecule has 2 N–H and O–H groups in total. The van der Waals surface area contributed by atoms with E-state index >= 15 is 0 Å². The number of urea groups is 1. The number of likely N-dealkylation sites (tertiary alicyclic amines) is 1. The summed E-state index contributed by atoms with van der Waals surface area (Å²) in [6.07, 6.45) is 0.530. The van der Waals surface area contributed by atoms with Crippen LogP contribution in [0.5, 0.6) is 0 Å². The van der Waals surface area contributed by atoms with E-state index in [4.69, 9.17) is 9.84 Å². The molecule has 2 heterocycles. The average Bonchev–Trinajstić information content (AvgIpc) is 2.81. The van der Waals surface area contributed by atoms with Crippen molar-refractivity contribution in [1.82, 2.24) is 15.1 Å². The van der Waals surface area contributed by atoms with Crippen LogP contribution < -0.4 is 5.32 Å². The summed E-state index contributed by atoms with van der Waals surface area (Å²) in [5.41, 5.74) is 0. The lowest BCUT2D eigenvalue weighted by Crippen LogP contribution is -2.51. The van der Waals surface area contributed by atoms with Crippen LogP contribution in [0.2, 0.25) is 0 Å². The first-order valence-electron chi connectivity index (χ1n) is 7.59. The lowest BCUT2D eigenvalue weighted by molar-refractivity contribution is -0.142. The fourth-order valence-electron chi connectivity index (χ4n) is 3.07. The lowest BCUT2D eigenvalue weighted by Gasteiger charge is -2.31. The molecule has 3 unspecified atom stereocenters. The van der Waals surface area contributed by atoms with Gasteiger partial charge in [-0.05, 0) is 20.3 Å². The molecule has 3 atom stereocenters. The van der Waals surface area contributed by atoms with Crippen molar-refractivity contribution in [2.45, 2.75) is 32.4 Å². The Morgan fingerprint density at radius 1 is 1.33 bits per heavy atom. The van der Waals surface area contributed by atoms with Crippen LogP contribution in [0.15, 0.2) is 0 Å². The maximum atomic E-state index is 12.3. The number of nitrogens with zero attached hydrogens (tertiary/aromatic N) is 2. The van der Waals surface area contributed by atoms with E-state index < -0.39 is 11.9 Å². The summed E-state index contributed by atoms with van der Waals surface area (Å²) in [6.45, 7) is 8.34. The van der Waals surface area contributed by atoms with E-state index in [1.807, 2.05) is 6.92 Å².